The van der Waals surface area contributed by atoms with Gasteiger partial charge in [0, 0.05) is 0 Å². The Hall–Kier alpha value is -0.580. The van der Waals surface area contributed by atoms with Gasteiger partial charge in [-0.3, -0.25) is 4.57 Å². The van der Waals surface area contributed by atoms with Crippen molar-refractivity contribution in [1.29, 1.82) is 0 Å². The second-order valence-electron chi connectivity index (χ2n) is 4.19. The van der Waals surface area contributed by atoms with E-state index in [0.717, 1.165) is 25.7 Å². The Morgan fingerprint density at radius 3 is 2.50 bits per heavy atom. The molecule has 1 aliphatic rings. The molecule has 106 valence electrons. The molecule has 1 aliphatic carbocycles. The van der Waals surface area contributed by atoms with E-state index in [0.29, 0.717) is 13.2 Å². The lowest BCUT2D eigenvalue weighted by atomic mass is 9.95. The van der Waals surface area contributed by atoms with E-state index in [4.69, 9.17) is 9.26 Å². The molecule has 7 heteroatoms. The summed E-state index contributed by atoms with van der Waals surface area (Å²) in [5.74, 6) is 0. The highest BCUT2D eigenvalue weighted by atomic mass is 31.1. The molecular weight excluding hydrogens is 255 g/mol. The van der Waals surface area contributed by atoms with E-state index in [2.05, 4.69) is 5.20 Å². The first kappa shape index (κ1) is 15.5. The van der Waals surface area contributed by atoms with E-state index in [-0.39, 0.29) is 6.04 Å². The van der Waals surface area contributed by atoms with Crippen LogP contribution >= 0.6 is 8.18 Å². The summed E-state index contributed by atoms with van der Waals surface area (Å²) in [6.07, 6.45) is 4.70. The molecule has 0 saturated heterocycles. The number of nitrogens with one attached hydrogen (secondary N) is 1. The number of amides is 1. The van der Waals surface area contributed by atoms with Crippen molar-refractivity contribution in [1.82, 2.24) is 10.2 Å². The molecule has 0 aromatic rings. The Kier molecular flexibility index (Phi) is 7.32. The number of hydrazine groups is 1. The molecule has 1 saturated carbocycles. The van der Waals surface area contributed by atoms with Crippen molar-refractivity contribution < 1.29 is 18.6 Å². The number of hydrogen-bond donors (Lipinski definition) is 1. The normalized spacial score (nSPS) is 18.3. The van der Waals surface area contributed by atoms with Crippen LogP contribution < -0.4 is 5.20 Å². The maximum atomic E-state index is 11.8. The smallest absolute Gasteiger partial charge is 0.424 e. The highest BCUT2D eigenvalue weighted by Crippen LogP contribution is 2.25. The number of rotatable bonds is 6. The minimum Gasteiger partial charge on any atom is -0.449 e. The van der Waals surface area contributed by atoms with Gasteiger partial charge in [-0.2, -0.15) is 5.20 Å². The van der Waals surface area contributed by atoms with Crippen molar-refractivity contribution >= 4 is 14.3 Å². The molecule has 1 atom stereocenters. The van der Waals surface area contributed by atoms with E-state index >= 15 is 0 Å². The third-order valence-corrected chi connectivity index (χ3v) is 3.87. The average Bonchev–Trinajstić information content (AvgIpc) is 2.37. The first-order chi connectivity index (χ1) is 8.69. The largest absolute Gasteiger partial charge is 0.449 e. The van der Waals surface area contributed by atoms with Crippen molar-refractivity contribution in [3.05, 3.63) is 0 Å². The van der Waals surface area contributed by atoms with Crippen LogP contribution in [0, 0.1) is 0 Å². The Bertz CT molecular complexity index is 282. The van der Waals surface area contributed by atoms with Gasteiger partial charge in [-0.15, -0.1) is 0 Å². The lowest BCUT2D eigenvalue weighted by Gasteiger charge is -2.32. The van der Waals surface area contributed by atoms with Crippen molar-refractivity contribution in [2.24, 2.45) is 0 Å². The molecule has 0 spiro atoms. The zero-order valence-electron chi connectivity index (χ0n) is 11.1. The lowest BCUT2D eigenvalue weighted by Crippen LogP contribution is -2.47. The van der Waals surface area contributed by atoms with Gasteiger partial charge in [0.15, 0.2) is 0 Å². The third-order valence-electron chi connectivity index (χ3n) is 2.89. The fourth-order valence-corrected chi connectivity index (χ4v) is 2.88. The molecule has 0 aliphatic heterocycles. The molecule has 1 amide bonds. The van der Waals surface area contributed by atoms with Gasteiger partial charge in [0.25, 0.3) is 8.18 Å². The van der Waals surface area contributed by atoms with Gasteiger partial charge >= 0.3 is 6.09 Å². The van der Waals surface area contributed by atoms with E-state index in [1.165, 1.54) is 11.4 Å². The maximum Gasteiger partial charge on any atom is 0.424 e. The van der Waals surface area contributed by atoms with Crippen molar-refractivity contribution in [2.75, 3.05) is 13.2 Å². The molecule has 0 heterocycles. The van der Waals surface area contributed by atoms with Crippen LogP contribution in [0.3, 0.4) is 0 Å². The second-order valence-corrected chi connectivity index (χ2v) is 5.28. The van der Waals surface area contributed by atoms with Gasteiger partial charge in [-0.25, -0.2) is 9.80 Å². The Balaban J connectivity index is 2.61. The van der Waals surface area contributed by atoms with Crippen LogP contribution in [0.5, 0.6) is 0 Å². The molecule has 0 aromatic heterocycles. The zero-order valence-corrected chi connectivity index (χ0v) is 12.1. The van der Waals surface area contributed by atoms with E-state index < -0.39 is 14.3 Å². The van der Waals surface area contributed by atoms with E-state index in [9.17, 15) is 9.36 Å². The fourth-order valence-electron chi connectivity index (χ4n) is 2.08. The summed E-state index contributed by atoms with van der Waals surface area (Å²) >= 11 is 0. The van der Waals surface area contributed by atoms with Crippen molar-refractivity contribution in [2.45, 2.75) is 52.0 Å². The topological polar surface area (TPSA) is 67.9 Å². The number of carbonyl (C=O) groups is 1. The number of hydrogen-bond acceptors (Lipinski definition) is 4. The van der Waals surface area contributed by atoms with Crippen LogP contribution in [-0.2, 0) is 13.8 Å². The SMILES string of the molecule is CCOC(=O)N(N[PH](=O)OCC)C1CCCCC1. The van der Waals surface area contributed by atoms with Gasteiger partial charge in [-0.05, 0) is 26.7 Å². The van der Waals surface area contributed by atoms with Gasteiger partial charge in [0.05, 0.1) is 19.3 Å². The standard InChI is InChI=1S/C11H23N2O4P/c1-3-16-11(14)13(12-18(15)17-4-2)10-8-6-5-7-9-10/h10,18H,3-9H2,1-2H3,(H,12,15). The zero-order chi connectivity index (χ0) is 13.4. The average molecular weight is 278 g/mol. The number of carbonyl (C=O) groups excluding carboxylic acids is 1. The lowest BCUT2D eigenvalue weighted by molar-refractivity contribution is 0.0673. The summed E-state index contributed by atoms with van der Waals surface area (Å²) in [6, 6.07) is 0.0483. The quantitative estimate of drug-likeness (QED) is 0.597. The van der Waals surface area contributed by atoms with Gasteiger partial charge in [-0.1, -0.05) is 19.3 Å². The van der Waals surface area contributed by atoms with E-state index in [1.54, 1.807) is 13.8 Å². The summed E-state index contributed by atoms with van der Waals surface area (Å²) in [5.41, 5.74) is 0. The second kappa shape index (κ2) is 8.51. The number of ether oxygens (including phenoxy) is 1. The summed E-state index contributed by atoms with van der Waals surface area (Å²) < 4.78 is 21.6. The van der Waals surface area contributed by atoms with Gasteiger partial charge < -0.3 is 9.26 Å². The summed E-state index contributed by atoms with van der Waals surface area (Å²) in [4.78, 5) is 11.8. The van der Waals surface area contributed by atoms with Gasteiger partial charge in [0.2, 0.25) is 0 Å². The minimum absolute atomic E-state index is 0.0483. The summed E-state index contributed by atoms with van der Waals surface area (Å²) in [7, 11) is -2.42. The molecule has 18 heavy (non-hydrogen) atoms. The Morgan fingerprint density at radius 1 is 1.28 bits per heavy atom. The Morgan fingerprint density at radius 2 is 1.94 bits per heavy atom. The summed E-state index contributed by atoms with van der Waals surface area (Å²) in [6.45, 7) is 4.17. The molecule has 1 N–H and O–H groups in total. The van der Waals surface area contributed by atoms with Crippen LogP contribution in [0.2, 0.25) is 0 Å². The first-order valence-corrected chi connectivity index (χ1v) is 7.90. The molecule has 0 radical (unpaired) electrons. The summed E-state index contributed by atoms with van der Waals surface area (Å²) in [5, 5.41) is 4.02. The van der Waals surface area contributed by atoms with Crippen LogP contribution in [0.25, 0.3) is 0 Å². The Labute approximate surface area is 109 Å². The van der Waals surface area contributed by atoms with Gasteiger partial charge in [0.1, 0.15) is 0 Å². The van der Waals surface area contributed by atoms with Crippen LogP contribution in [0.4, 0.5) is 4.79 Å². The highest BCUT2D eigenvalue weighted by molar-refractivity contribution is 7.36. The molecule has 1 unspecified atom stereocenters. The number of nitrogens with zero attached hydrogens (tertiary/aromatic N) is 1. The molecule has 0 bridgehead atoms. The van der Waals surface area contributed by atoms with Crippen molar-refractivity contribution in [3.63, 3.8) is 0 Å². The van der Waals surface area contributed by atoms with E-state index in [1.807, 2.05) is 0 Å². The molecule has 1 fully saturated rings. The molecule has 0 aromatic carbocycles. The van der Waals surface area contributed by atoms with Crippen LogP contribution in [0.1, 0.15) is 46.0 Å². The minimum atomic E-state index is -2.42. The molecule has 1 rings (SSSR count). The highest BCUT2D eigenvalue weighted by Gasteiger charge is 2.27. The molecule has 6 nitrogen and oxygen atoms in total. The fraction of sp³-hybridized carbons (Fsp3) is 0.909. The monoisotopic (exact) mass is 278 g/mol. The predicted molar refractivity (Wildman–Crippen MR) is 69.5 cm³/mol. The van der Waals surface area contributed by atoms with Crippen LogP contribution in [-0.4, -0.2) is 30.4 Å². The van der Waals surface area contributed by atoms with Crippen molar-refractivity contribution in [3.8, 4) is 0 Å². The molecular formula is C11H23N2O4P. The maximum absolute atomic E-state index is 11.8. The first-order valence-electron chi connectivity index (χ1n) is 6.58. The predicted octanol–water partition coefficient (Wildman–Crippen LogP) is 2.71. The third kappa shape index (κ3) is 4.96. The van der Waals surface area contributed by atoms with Crippen LogP contribution in [0.15, 0.2) is 0 Å².